The highest BCUT2D eigenvalue weighted by molar-refractivity contribution is 6.83. The summed E-state index contributed by atoms with van der Waals surface area (Å²) in [6.45, 7) is 16.6. The van der Waals surface area contributed by atoms with Crippen LogP contribution in [0, 0.1) is 0 Å². The molecule has 3 aromatic rings. The van der Waals surface area contributed by atoms with Crippen LogP contribution in [0.15, 0.2) is 88.1 Å². The fraction of sp³-hybridized carbons (Fsp3) is 0.312. The maximum absolute atomic E-state index is 6.03. The predicted octanol–water partition coefficient (Wildman–Crippen LogP) is 9.62. The fourth-order valence-corrected chi connectivity index (χ4v) is 11.6. The van der Waals surface area contributed by atoms with Gasteiger partial charge < -0.3 is 4.42 Å². The van der Waals surface area contributed by atoms with Crippen LogP contribution in [0.2, 0.25) is 18.6 Å². The van der Waals surface area contributed by atoms with Crippen molar-refractivity contribution < 1.29 is 4.42 Å². The Labute approximate surface area is 205 Å². The van der Waals surface area contributed by atoms with Gasteiger partial charge >= 0.3 is 0 Å². The fourth-order valence-electron chi connectivity index (χ4n) is 6.58. The summed E-state index contributed by atoms with van der Waals surface area (Å²) in [5.74, 6) is 1.56. The van der Waals surface area contributed by atoms with Crippen molar-refractivity contribution >= 4 is 19.7 Å². The molecule has 2 aliphatic rings. The minimum absolute atomic E-state index is 0.387. The number of hydrogen-bond donors (Lipinski definition) is 0. The number of benzene rings is 2. The maximum atomic E-state index is 6.03. The molecule has 5 rings (SSSR count). The average Bonchev–Trinajstić information content (AvgIpc) is 3.51. The summed E-state index contributed by atoms with van der Waals surface area (Å²) in [7, 11) is -1.88. The quantitative estimate of drug-likeness (QED) is 0.343. The third kappa shape index (κ3) is 3.60. The van der Waals surface area contributed by atoms with Crippen molar-refractivity contribution in [2.45, 2.75) is 64.7 Å². The molecule has 1 aromatic heterocycles. The summed E-state index contributed by atoms with van der Waals surface area (Å²) in [5, 5.41) is 0. The summed E-state index contributed by atoms with van der Waals surface area (Å²) < 4.78 is 6.03. The Kier molecular flexibility index (Phi) is 5.68. The first-order valence-electron chi connectivity index (χ1n) is 12.5. The smallest absolute Gasteiger partial charge is 0.130 e. The molecule has 0 saturated heterocycles. The number of allylic oxidation sites excluding steroid dienone is 5. The highest BCUT2D eigenvalue weighted by Crippen LogP contribution is 2.56. The SMILES string of the molecule is CC1=CC(C)=C(C)C1[Si](C)(C)C1C(c2ccco2)=Cc2c(-c3ccc(C(C)C)cc3)cccc21. The summed E-state index contributed by atoms with van der Waals surface area (Å²) in [6.07, 6.45) is 6.65. The lowest BCUT2D eigenvalue weighted by Gasteiger charge is -2.39. The first-order chi connectivity index (χ1) is 16.2. The van der Waals surface area contributed by atoms with E-state index >= 15 is 0 Å². The maximum Gasteiger partial charge on any atom is 0.130 e. The molecule has 2 atom stereocenters. The van der Waals surface area contributed by atoms with Gasteiger partial charge in [0.05, 0.1) is 14.3 Å². The van der Waals surface area contributed by atoms with E-state index in [9.17, 15) is 0 Å². The minimum Gasteiger partial charge on any atom is -0.465 e. The molecule has 0 spiro atoms. The molecule has 1 heterocycles. The standard InChI is InChI=1S/C32H36OSi/c1-20(2)24-13-15-25(16-14-24)26-10-8-11-27-28(26)19-29(30-12-9-17-33-30)32(27)34(6,7)31-22(4)18-21(3)23(31)5/h8-20,31-32H,1-7H3. The highest BCUT2D eigenvalue weighted by Gasteiger charge is 2.48. The van der Waals surface area contributed by atoms with Gasteiger partial charge in [-0.05, 0) is 78.3 Å². The van der Waals surface area contributed by atoms with Crippen molar-refractivity contribution in [2.75, 3.05) is 0 Å². The molecular weight excluding hydrogens is 428 g/mol. The Hall–Kier alpha value is -2.84. The highest BCUT2D eigenvalue weighted by atomic mass is 28.3. The molecule has 2 aromatic carbocycles. The summed E-state index contributed by atoms with van der Waals surface area (Å²) >= 11 is 0. The van der Waals surface area contributed by atoms with E-state index in [1.165, 1.54) is 44.5 Å². The zero-order valence-electron chi connectivity index (χ0n) is 21.6. The Morgan fingerprint density at radius 1 is 0.824 bits per heavy atom. The molecule has 2 aliphatic carbocycles. The molecule has 2 unspecified atom stereocenters. The summed E-state index contributed by atoms with van der Waals surface area (Å²) in [6, 6.07) is 20.2. The van der Waals surface area contributed by atoms with Gasteiger partial charge in [-0.3, -0.25) is 0 Å². The average molecular weight is 465 g/mol. The molecule has 0 amide bonds. The molecule has 0 saturated carbocycles. The summed E-state index contributed by atoms with van der Waals surface area (Å²) in [5.41, 5.74) is 13.7. The lowest BCUT2D eigenvalue weighted by atomic mass is 9.94. The third-order valence-corrected chi connectivity index (χ3v) is 12.7. The molecule has 2 heteroatoms. The monoisotopic (exact) mass is 464 g/mol. The van der Waals surface area contributed by atoms with Gasteiger partial charge in [0.15, 0.2) is 0 Å². The molecule has 34 heavy (non-hydrogen) atoms. The van der Waals surface area contributed by atoms with Gasteiger partial charge in [-0.15, -0.1) is 0 Å². The van der Waals surface area contributed by atoms with Gasteiger partial charge in [0.25, 0.3) is 0 Å². The van der Waals surface area contributed by atoms with Crippen molar-refractivity contribution in [1.29, 1.82) is 0 Å². The zero-order valence-corrected chi connectivity index (χ0v) is 22.6. The van der Waals surface area contributed by atoms with E-state index in [4.69, 9.17) is 4.42 Å². The second-order valence-electron chi connectivity index (χ2n) is 11.1. The van der Waals surface area contributed by atoms with Crippen LogP contribution in [0.4, 0.5) is 0 Å². The van der Waals surface area contributed by atoms with Crippen molar-refractivity contribution in [1.82, 2.24) is 0 Å². The number of fused-ring (bicyclic) bond motifs is 1. The van der Waals surface area contributed by atoms with Crippen LogP contribution < -0.4 is 0 Å². The Balaban J connectivity index is 1.67. The van der Waals surface area contributed by atoms with Crippen molar-refractivity contribution in [3.63, 3.8) is 0 Å². The second kappa shape index (κ2) is 8.43. The largest absolute Gasteiger partial charge is 0.465 e. The van der Waals surface area contributed by atoms with E-state index in [0.29, 0.717) is 17.0 Å². The first-order valence-corrected chi connectivity index (χ1v) is 15.7. The van der Waals surface area contributed by atoms with E-state index in [2.05, 4.69) is 108 Å². The molecule has 174 valence electrons. The van der Waals surface area contributed by atoms with Gasteiger partial charge in [-0.1, -0.05) is 92.2 Å². The predicted molar refractivity (Wildman–Crippen MR) is 149 cm³/mol. The molecule has 0 N–H and O–H groups in total. The Morgan fingerprint density at radius 3 is 2.15 bits per heavy atom. The van der Waals surface area contributed by atoms with Crippen molar-refractivity contribution in [2.24, 2.45) is 0 Å². The van der Waals surface area contributed by atoms with Crippen LogP contribution in [0.1, 0.15) is 68.5 Å². The van der Waals surface area contributed by atoms with Gasteiger partial charge in [0, 0.05) is 11.1 Å². The van der Waals surface area contributed by atoms with E-state index in [0.717, 1.165) is 5.76 Å². The Morgan fingerprint density at radius 2 is 1.56 bits per heavy atom. The van der Waals surface area contributed by atoms with E-state index in [1.807, 2.05) is 12.3 Å². The summed E-state index contributed by atoms with van der Waals surface area (Å²) in [4.78, 5) is 0. The van der Waals surface area contributed by atoms with Gasteiger partial charge in [-0.25, -0.2) is 0 Å². The molecular formula is C32H36OSi. The molecule has 1 nitrogen and oxygen atoms in total. The van der Waals surface area contributed by atoms with Crippen molar-refractivity contribution in [3.8, 4) is 11.1 Å². The number of hydrogen-bond acceptors (Lipinski definition) is 1. The minimum atomic E-state index is -1.88. The van der Waals surface area contributed by atoms with E-state index in [1.54, 1.807) is 5.57 Å². The van der Waals surface area contributed by atoms with E-state index in [-0.39, 0.29) is 0 Å². The lowest BCUT2D eigenvalue weighted by molar-refractivity contribution is 0.551. The molecule has 0 bridgehead atoms. The Bertz CT molecular complexity index is 1310. The van der Waals surface area contributed by atoms with Crippen LogP contribution in [0.3, 0.4) is 0 Å². The third-order valence-electron chi connectivity index (χ3n) is 8.20. The normalized spacial score (nSPS) is 20.1. The van der Waals surface area contributed by atoms with Crippen LogP contribution in [-0.4, -0.2) is 8.07 Å². The van der Waals surface area contributed by atoms with Gasteiger partial charge in [0.1, 0.15) is 5.76 Å². The van der Waals surface area contributed by atoms with Crippen LogP contribution >= 0.6 is 0 Å². The topological polar surface area (TPSA) is 13.1 Å². The van der Waals surface area contributed by atoms with Crippen LogP contribution in [0.25, 0.3) is 22.8 Å². The van der Waals surface area contributed by atoms with E-state index < -0.39 is 8.07 Å². The first kappa shape index (κ1) is 22.9. The van der Waals surface area contributed by atoms with Crippen molar-refractivity contribution in [3.05, 3.63) is 106 Å². The molecule has 0 aliphatic heterocycles. The zero-order chi connectivity index (χ0) is 24.2. The van der Waals surface area contributed by atoms with Crippen LogP contribution in [0.5, 0.6) is 0 Å². The van der Waals surface area contributed by atoms with Gasteiger partial charge in [-0.2, -0.15) is 0 Å². The van der Waals surface area contributed by atoms with Gasteiger partial charge in [0.2, 0.25) is 0 Å². The second-order valence-corrected chi connectivity index (χ2v) is 15.9. The molecule has 0 fully saturated rings. The lowest BCUT2D eigenvalue weighted by Crippen LogP contribution is -2.41. The number of rotatable bonds is 5. The van der Waals surface area contributed by atoms with Crippen LogP contribution in [-0.2, 0) is 0 Å². The molecule has 0 radical (unpaired) electrons. The number of furan rings is 1.